The fourth-order valence-electron chi connectivity index (χ4n) is 4.56. The second kappa shape index (κ2) is 10.9. The summed E-state index contributed by atoms with van der Waals surface area (Å²) in [7, 11) is 0. The van der Waals surface area contributed by atoms with Crippen LogP contribution in [0.3, 0.4) is 0 Å². The van der Waals surface area contributed by atoms with Crippen LogP contribution in [0.25, 0.3) is 11.4 Å². The SMILES string of the molecule is CC(Sc1nnc(-c2ccc(F)cc2)n1CCN1CCOCC1)C(=O)Nc1ccc2c(c1)CCC2. The summed E-state index contributed by atoms with van der Waals surface area (Å²) in [6.45, 7) is 6.60. The molecule has 7 nitrogen and oxygen atoms in total. The molecule has 0 spiro atoms. The van der Waals surface area contributed by atoms with Crippen molar-refractivity contribution in [3.63, 3.8) is 0 Å². The molecule has 1 aromatic heterocycles. The third-order valence-electron chi connectivity index (χ3n) is 6.58. The summed E-state index contributed by atoms with van der Waals surface area (Å²) in [5, 5.41) is 12.2. The van der Waals surface area contributed by atoms with Crippen molar-refractivity contribution in [3.8, 4) is 11.4 Å². The number of aryl methyl sites for hydroxylation is 2. The van der Waals surface area contributed by atoms with Crippen LogP contribution in [0.15, 0.2) is 47.6 Å². The smallest absolute Gasteiger partial charge is 0.237 e. The molecule has 1 unspecified atom stereocenters. The molecule has 1 fully saturated rings. The van der Waals surface area contributed by atoms with Crippen molar-refractivity contribution in [2.75, 3.05) is 38.2 Å². The van der Waals surface area contributed by atoms with Gasteiger partial charge in [0.15, 0.2) is 11.0 Å². The van der Waals surface area contributed by atoms with Crippen molar-refractivity contribution >= 4 is 23.4 Å². The summed E-state index contributed by atoms with van der Waals surface area (Å²) in [6, 6.07) is 12.5. The van der Waals surface area contributed by atoms with E-state index in [2.05, 4.69) is 32.5 Å². The van der Waals surface area contributed by atoms with Crippen molar-refractivity contribution in [2.45, 2.75) is 43.1 Å². The number of amides is 1. The Morgan fingerprint density at radius 1 is 1.09 bits per heavy atom. The summed E-state index contributed by atoms with van der Waals surface area (Å²) in [5.41, 5.74) is 4.34. The van der Waals surface area contributed by atoms with E-state index in [1.807, 2.05) is 17.6 Å². The minimum Gasteiger partial charge on any atom is -0.379 e. The lowest BCUT2D eigenvalue weighted by Gasteiger charge is -2.27. The molecule has 2 heterocycles. The van der Waals surface area contributed by atoms with Gasteiger partial charge in [0.05, 0.1) is 18.5 Å². The maximum atomic E-state index is 13.5. The number of nitrogens with zero attached hydrogens (tertiary/aromatic N) is 4. The number of rotatable bonds is 8. The molecule has 1 atom stereocenters. The highest BCUT2D eigenvalue weighted by Crippen LogP contribution is 2.29. The number of anilines is 1. The van der Waals surface area contributed by atoms with E-state index in [9.17, 15) is 9.18 Å². The number of halogens is 1. The average Bonchev–Trinajstić information content (AvgIpc) is 3.50. The third kappa shape index (κ3) is 5.74. The molecule has 2 aliphatic rings. The Labute approximate surface area is 209 Å². The fraction of sp³-hybridized carbons (Fsp3) is 0.423. The second-order valence-electron chi connectivity index (χ2n) is 9.01. The molecule has 35 heavy (non-hydrogen) atoms. The number of fused-ring (bicyclic) bond motifs is 1. The van der Waals surface area contributed by atoms with Crippen molar-refractivity contribution in [1.82, 2.24) is 19.7 Å². The van der Waals surface area contributed by atoms with Crippen LogP contribution in [0.5, 0.6) is 0 Å². The highest BCUT2D eigenvalue weighted by atomic mass is 32.2. The van der Waals surface area contributed by atoms with Gasteiger partial charge in [-0.3, -0.25) is 9.69 Å². The number of morpholine rings is 1. The van der Waals surface area contributed by atoms with E-state index < -0.39 is 0 Å². The normalized spacial score (nSPS) is 16.7. The molecule has 1 aliphatic carbocycles. The average molecular weight is 496 g/mol. The predicted molar refractivity (Wildman–Crippen MR) is 135 cm³/mol. The summed E-state index contributed by atoms with van der Waals surface area (Å²) >= 11 is 1.39. The molecule has 184 valence electrons. The van der Waals surface area contributed by atoms with Crippen LogP contribution in [-0.4, -0.2) is 63.7 Å². The van der Waals surface area contributed by atoms with Gasteiger partial charge in [-0.15, -0.1) is 10.2 Å². The van der Waals surface area contributed by atoms with Crippen molar-refractivity contribution in [3.05, 3.63) is 59.4 Å². The second-order valence-corrected chi connectivity index (χ2v) is 10.3. The van der Waals surface area contributed by atoms with Gasteiger partial charge in [-0.2, -0.15) is 0 Å². The Balaban J connectivity index is 1.31. The molecule has 1 amide bonds. The van der Waals surface area contributed by atoms with Crippen LogP contribution in [0.4, 0.5) is 10.1 Å². The predicted octanol–water partition coefficient (Wildman–Crippen LogP) is 4.02. The molecule has 9 heteroatoms. The van der Waals surface area contributed by atoms with E-state index in [1.165, 1.54) is 41.4 Å². The van der Waals surface area contributed by atoms with Crippen molar-refractivity contribution in [1.29, 1.82) is 0 Å². The first-order valence-electron chi connectivity index (χ1n) is 12.2. The van der Waals surface area contributed by atoms with E-state index in [1.54, 1.807) is 12.1 Å². The quantitative estimate of drug-likeness (QED) is 0.476. The fourth-order valence-corrected chi connectivity index (χ4v) is 5.44. The Morgan fingerprint density at radius 2 is 1.86 bits per heavy atom. The number of nitrogens with one attached hydrogen (secondary N) is 1. The number of hydrogen-bond acceptors (Lipinski definition) is 6. The van der Waals surface area contributed by atoms with Crippen LogP contribution in [0.2, 0.25) is 0 Å². The van der Waals surface area contributed by atoms with Gasteiger partial charge in [-0.25, -0.2) is 4.39 Å². The van der Waals surface area contributed by atoms with E-state index >= 15 is 0 Å². The molecule has 0 bridgehead atoms. The number of carbonyl (C=O) groups is 1. The van der Waals surface area contributed by atoms with Crippen molar-refractivity contribution < 1.29 is 13.9 Å². The molecule has 1 aliphatic heterocycles. The number of benzene rings is 2. The van der Waals surface area contributed by atoms with Gasteiger partial charge in [0.25, 0.3) is 0 Å². The zero-order valence-electron chi connectivity index (χ0n) is 19.9. The lowest BCUT2D eigenvalue weighted by molar-refractivity contribution is -0.115. The number of hydrogen-bond donors (Lipinski definition) is 1. The Kier molecular flexibility index (Phi) is 7.46. The van der Waals surface area contributed by atoms with Gasteiger partial charge in [0, 0.05) is 37.4 Å². The van der Waals surface area contributed by atoms with Crippen LogP contribution in [0.1, 0.15) is 24.5 Å². The van der Waals surface area contributed by atoms with E-state index in [0.29, 0.717) is 17.5 Å². The maximum Gasteiger partial charge on any atom is 0.237 e. The van der Waals surface area contributed by atoms with Gasteiger partial charge >= 0.3 is 0 Å². The zero-order valence-corrected chi connectivity index (χ0v) is 20.7. The molecular formula is C26H30FN5O2S. The Morgan fingerprint density at radius 3 is 2.66 bits per heavy atom. The third-order valence-corrected chi connectivity index (χ3v) is 7.66. The Hall–Kier alpha value is -2.75. The first-order chi connectivity index (χ1) is 17.1. The zero-order chi connectivity index (χ0) is 24.2. The molecule has 3 aromatic rings. The Bertz CT molecular complexity index is 1180. The van der Waals surface area contributed by atoms with Gasteiger partial charge in [-0.1, -0.05) is 17.8 Å². The highest BCUT2D eigenvalue weighted by molar-refractivity contribution is 8.00. The minimum absolute atomic E-state index is 0.0704. The molecule has 2 aromatic carbocycles. The number of ether oxygens (including phenoxy) is 1. The lowest BCUT2D eigenvalue weighted by Crippen LogP contribution is -2.38. The molecule has 1 N–H and O–H groups in total. The van der Waals surface area contributed by atoms with E-state index in [-0.39, 0.29) is 17.0 Å². The summed E-state index contributed by atoms with van der Waals surface area (Å²) in [6.07, 6.45) is 3.36. The van der Waals surface area contributed by atoms with Crippen LogP contribution in [-0.2, 0) is 28.9 Å². The molecule has 0 saturated carbocycles. The summed E-state index contributed by atoms with van der Waals surface area (Å²) in [5.74, 6) is 0.311. The monoisotopic (exact) mass is 495 g/mol. The molecule has 1 saturated heterocycles. The van der Waals surface area contributed by atoms with Gasteiger partial charge < -0.3 is 14.6 Å². The molecule has 5 rings (SSSR count). The standard InChI is InChI=1S/C26H30FN5O2S/c1-18(25(33)28-23-10-7-19-3-2-4-21(19)17-23)35-26-30-29-24(20-5-8-22(27)9-6-20)32(26)12-11-31-13-15-34-16-14-31/h5-10,17-18H,2-4,11-16H2,1H3,(H,28,33). The minimum atomic E-state index is -0.365. The summed E-state index contributed by atoms with van der Waals surface area (Å²) < 4.78 is 21.0. The number of aromatic nitrogens is 3. The molecular weight excluding hydrogens is 465 g/mol. The molecule has 0 radical (unpaired) electrons. The largest absolute Gasteiger partial charge is 0.379 e. The maximum absolute atomic E-state index is 13.5. The summed E-state index contributed by atoms with van der Waals surface area (Å²) in [4.78, 5) is 15.3. The number of thioether (sulfide) groups is 1. The van der Waals surface area contributed by atoms with E-state index in [0.717, 1.165) is 56.9 Å². The van der Waals surface area contributed by atoms with Crippen molar-refractivity contribution in [2.24, 2.45) is 0 Å². The van der Waals surface area contributed by atoms with Gasteiger partial charge in [0.2, 0.25) is 5.91 Å². The van der Waals surface area contributed by atoms with E-state index in [4.69, 9.17) is 4.74 Å². The number of carbonyl (C=O) groups excluding carboxylic acids is 1. The van der Waals surface area contributed by atoms with Crippen LogP contribution >= 0.6 is 11.8 Å². The first-order valence-corrected chi connectivity index (χ1v) is 13.0. The van der Waals surface area contributed by atoms with Crippen LogP contribution < -0.4 is 5.32 Å². The van der Waals surface area contributed by atoms with Crippen LogP contribution in [0, 0.1) is 5.82 Å². The van der Waals surface area contributed by atoms with Gasteiger partial charge in [0.1, 0.15) is 5.82 Å². The topological polar surface area (TPSA) is 72.3 Å². The lowest BCUT2D eigenvalue weighted by atomic mass is 10.1. The van der Waals surface area contributed by atoms with Gasteiger partial charge in [-0.05, 0) is 73.7 Å². The first kappa shape index (κ1) is 24.0. The highest BCUT2D eigenvalue weighted by Gasteiger charge is 2.22.